The first-order valence-electron chi connectivity index (χ1n) is 14.3. The van der Waals surface area contributed by atoms with Crippen LogP contribution in [0.4, 0.5) is 0 Å². The first-order valence-corrected chi connectivity index (χ1v) is 14.3. The predicted molar refractivity (Wildman–Crippen MR) is 165 cm³/mol. The molecule has 0 spiro atoms. The zero-order chi connectivity index (χ0) is 30.4. The van der Waals surface area contributed by atoms with Crippen LogP contribution in [-0.4, -0.2) is 49.1 Å². The Morgan fingerprint density at radius 3 is 1.61 bits per heavy atom. The lowest BCUT2D eigenvalue weighted by Gasteiger charge is -2.13. The van der Waals surface area contributed by atoms with Crippen LogP contribution in [-0.2, 0) is 23.9 Å². The third-order valence-electron chi connectivity index (χ3n) is 5.66. The molecule has 0 rings (SSSR count). The summed E-state index contributed by atoms with van der Waals surface area (Å²) in [5.41, 5.74) is 0. The minimum absolute atomic E-state index is 0.130. The number of methoxy groups -OCH3 is 1. The number of carboxylic acid groups (broad SMARTS) is 1. The van der Waals surface area contributed by atoms with E-state index in [9.17, 15) is 24.3 Å². The van der Waals surface area contributed by atoms with E-state index in [1.807, 2.05) is 12.2 Å². The summed E-state index contributed by atoms with van der Waals surface area (Å²) >= 11 is 0. The van der Waals surface area contributed by atoms with Crippen LogP contribution >= 0.6 is 0 Å². The summed E-state index contributed by atoms with van der Waals surface area (Å²) in [6.45, 7) is 2.52. The van der Waals surface area contributed by atoms with Crippen molar-refractivity contribution in [3.05, 3.63) is 85.1 Å². The normalized spacial score (nSPS) is 13.0. The van der Waals surface area contributed by atoms with Crippen molar-refractivity contribution in [3.63, 3.8) is 0 Å². The van der Waals surface area contributed by atoms with Gasteiger partial charge in [-0.3, -0.25) is 14.4 Å². The molecule has 0 aliphatic heterocycles. The molecule has 0 aromatic heterocycles. The van der Waals surface area contributed by atoms with E-state index in [4.69, 9.17) is 0 Å². The van der Waals surface area contributed by atoms with Crippen LogP contribution in [0.25, 0.3) is 0 Å². The molecule has 0 bridgehead atoms. The van der Waals surface area contributed by atoms with Crippen LogP contribution in [0.5, 0.6) is 0 Å². The van der Waals surface area contributed by atoms with E-state index < -0.39 is 23.8 Å². The van der Waals surface area contributed by atoms with Crippen LogP contribution < -0.4 is 10.6 Å². The number of carbonyl (C=O) groups is 4. The van der Waals surface area contributed by atoms with Crippen molar-refractivity contribution in [3.8, 4) is 0 Å². The molecule has 41 heavy (non-hydrogen) atoms. The molecule has 0 aliphatic rings. The Labute approximate surface area is 245 Å². The molecule has 0 aromatic carbocycles. The van der Waals surface area contributed by atoms with Crippen molar-refractivity contribution < 1.29 is 29.0 Å². The fourth-order valence-electron chi connectivity index (χ4n) is 3.36. The summed E-state index contributed by atoms with van der Waals surface area (Å²) in [6, 6.07) is 0. The van der Waals surface area contributed by atoms with Crippen LogP contribution in [0, 0.1) is 5.92 Å². The molecule has 1 atom stereocenters. The molecule has 8 nitrogen and oxygen atoms in total. The third-order valence-corrected chi connectivity index (χ3v) is 5.66. The second-order valence-corrected chi connectivity index (χ2v) is 9.06. The fourth-order valence-corrected chi connectivity index (χ4v) is 3.36. The summed E-state index contributed by atoms with van der Waals surface area (Å²) in [6.07, 6.45) is 34.7. The van der Waals surface area contributed by atoms with Gasteiger partial charge in [0.25, 0.3) is 0 Å². The Bertz CT molecular complexity index is 957. The average Bonchev–Trinajstić information content (AvgIpc) is 2.96. The van der Waals surface area contributed by atoms with Crippen molar-refractivity contribution in [2.45, 2.75) is 71.1 Å². The molecule has 2 amide bonds. The lowest BCUT2D eigenvalue weighted by Crippen LogP contribution is -2.30. The SMILES string of the molecule is CCC=CCC=CCC=CCC=CCC=CCC=CCCC(=O)NCCC(CCNC(=O)C=CC(=O)OC)C(=O)O. The maximum Gasteiger partial charge on any atom is 0.330 e. The van der Waals surface area contributed by atoms with E-state index in [0.29, 0.717) is 12.8 Å². The number of amides is 2. The Balaban J connectivity index is 3.91. The number of rotatable bonds is 23. The van der Waals surface area contributed by atoms with Crippen LogP contribution in [0.1, 0.15) is 71.1 Å². The Morgan fingerprint density at radius 2 is 1.15 bits per heavy atom. The summed E-state index contributed by atoms with van der Waals surface area (Å²) in [5.74, 6) is -2.99. The number of hydrogen-bond acceptors (Lipinski definition) is 5. The lowest BCUT2D eigenvalue weighted by atomic mass is 10.0. The third kappa shape index (κ3) is 26.1. The topological polar surface area (TPSA) is 122 Å². The van der Waals surface area contributed by atoms with Gasteiger partial charge in [0.1, 0.15) is 0 Å². The highest BCUT2D eigenvalue weighted by Gasteiger charge is 2.17. The molecule has 226 valence electrons. The molecule has 1 unspecified atom stereocenters. The van der Waals surface area contributed by atoms with Gasteiger partial charge in [-0.25, -0.2) is 4.79 Å². The van der Waals surface area contributed by atoms with E-state index in [1.165, 1.54) is 7.11 Å². The number of nitrogens with one attached hydrogen (secondary N) is 2. The number of aliphatic carboxylic acids is 1. The van der Waals surface area contributed by atoms with Crippen molar-refractivity contribution in [1.82, 2.24) is 10.6 Å². The number of carbonyl (C=O) groups excluding carboxylic acids is 3. The smallest absolute Gasteiger partial charge is 0.330 e. The van der Waals surface area contributed by atoms with Gasteiger partial charge in [-0.1, -0.05) is 79.8 Å². The number of allylic oxidation sites excluding steroid dienone is 12. The highest BCUT2D eigenvalue weighted by atomic mass is 16.5. The van der Waals surface area contributed by atoms with Crippen LogP contribution in [0.15, 0.2) is 85.1 Å². The predicted octanol–water partition coefficient (Wildman–Crippen LogP) is 5.91. The van der Waals surface area contributed by atoms with E-state index in [2.05, 4.69) is 83.1 Å². The summed E-state index contributed by atoms with van der Waals surface area (Å²) in [7, 11) is 1.20. The minimum Gasteiger partial charge on any atom is -0.481 e. The Hall–Kier alpha value is -3.94. The second kappa shape index (κ2) is 27.6. The molecule has 0 aliphatic carbocycles. The largest absolute Gasteiger partial charge is 0.481 e. The number of hydrogen-bond donors (Lipinski definition) is 3. The van der Waals surface area contributed by atoms with Gasteiger partial charge in [-0.05, 0) is 57.8 Å². The Kier molecular flexibility index (Phi) is 25.0. The van der Waals surface area contributed by atoms with Gasteiger partial charge in [-0.2, -0.15) is 0 Å². The minimum atomic E-state index is -0.989. The molecular formula is C33H48N2O6. The number of carboxylic acids is 1. The maximum atomic E-state index is 12.0. The fraction of sp³-hybridized carbons (Fsp3) is 0.455. The van der Waals surface area contributed by atoms with Crippen molar-refractivity contribution in [2.75, 3.05) is 20.2 Å². The summed E-state index contributed by atoms with van der Waals surface area (Å²) < 4.78 is 4.39. The van der Waals surface area contributed by atoms with Crippen LogP contribution in [0.3, 0.4) is 0 Å². The van der Waals surface area contributed by atoms with Crippen LogP contribution in [0.2, 0.25) is 0 Å². The van der Waals surface area contributed by atoms with Crippen molar-refractivity contribution in [2.24, 2.45) is 5.92 Å². The molecule has 0 fully saturated rings. The van der Waals surface area contributed by atoms with Gasteiger partial charge in [0.15, 0.2) is 0 Å². The highest BCUT2D eigenvalue weighted by Crippen LogP contribution is 2.08. The van der Waals surface area contributed by atoms with E-state index in [0.717, 1.165) is 50.7 Å². The second-order valence-electron chi connectivity index (χ2n) is 9.06. The molecule has 8 heteroatoms. The Morgan fingerprint density at radius 1 is 0.683 bits per heavy atom. The monoisotopic (exact) mass is 568 g/mol. The molecule has 0 saturated heterocycles. The molecule has 0 saturated carbocycles. The number of ether oxygens (including phenoxy) is 1. The summed E-state index contributed by atoms with van der Waals surface area (Å²) in [5, 5.41) is 14.6. The molecular weight excluding hydrogens is 520 g/mol. The molecule has 0 heterocycles. The van der Waals surface area contributed by atoms with Gasteiger partial charge < -0.3 is 20.5 Å². The molecule has 0 radical (unpaired) electrons. The quantitative estimate of drug-likeness (QED) is 0.0801. The highest BCUT2D eigenvalue weighted by molar-refractivity contribution is 5.94. The lowest BCUT2D eigenvalue weighted by molar-refractivity contribution is -0.142. The first-order chi connectivity index (χ1) is 19.9. The zero-order valence-corrected chi connectivity index (χ0v) is 24.6. The van der Waals surface area contributed by atoms with Gasteiger partial charge in [0.2, 0.25) is 11.8 Å². The zero-order valence-electron chi connectivity index (χ0n) is 24.6. The van der Waals surface area contributed by atoms with Gasteiger partial charge in [0.05, 0.1) is 13.0 Å². The van der Waals surface area contributed by atoms with E-state index >= 15 is 0 Å². The average molecular weight is 569 g/mol. The van der Waals surface area contributed by atoms with Crippen molar-refractivity contribution >= 4 is 23.8 Å². The van der Waals surface area contributed by atoms with Crippen molar-refractivity contribution in [1.29, 1.82) is 0 Å². The molecule has 3 N–H and O–H groups in total. The van der Waals surface area contributed by atoms with Gasteiger partial charge in [0, 0.05) is 31.7 Å². The molecule has 0 aromatic rings. The van der Waals surface area contributed by atoms with Gasteiger partial charge >= 0.3 is 11.9 Å². The van der Waals surface area contributed by atoms with E-state index in [-0.39, 0.29) is 31.8 Å². The number of esters is 1. The maximum absolute atomic E-state index is 12.0. The summed E-state index contributed by atoms with van der Waals surface area (Å²) in [4.78, 5) is 46.0. The van der Waals surface area contributed by atoms with E-state index in [1.54, 1.807) is 0 Å². The first kappa shape index (κ1) is 37.1. The van der Waals surface area contributed by atoms with Gasteiger partial charge in [-0.15, -0.1) is 0 Å². The standard InChI is InChI=1S/C33H48N2O6/c1-3-4-5-6-7-8-9-10-11-12-13-14-15-16-17-18-19-20-21-22-30(36)34-27-25-29(33(39)40)26-28-35-31(37)23-24-32(38)41-2/h4-5,7-8,10-11,13-14,16-17,19-20,23-24,29H,3,6,9,12,15,18,21-22,25-28H2,1-2H3,(H,34,36)(H,35,37)(H,39,40).